The second-order valence-corrected chi connectivity index (χ2v) is 6.62. The van der Waals surface area contributed by atoms with E-state index in [0.29, 0.717) is 13.1 Å². The number of nitrogens with zero attached hydrogens (tertiary/aromatic N) is 2. The minimum absolute atomic E-state index is 0.0273. The normalized spacial score (nSPS) is 10.9. The molecule has 140 valence electrons. The highest BCUT2D eigenvalue weighted by Crippen LogP contribution is 2.19. The highest BCUT2D eigenvalue weighted by Gasteiger charge is 2.15. The summed E-state index contributed by atoms with van der Waals surface area (Å²) < 4.78 is 5.49. The molecule has 0 atom stereocenters. The van der Waals surface area contributed by atoms with Gasteiger partial charge in [0.25, 0.3) is 0 Å². The average molecular weight is 363 g/mol. The number of carbonyl (C=O) groups is 1. The van der Waals surface area contributed by atoms with E-state index in [4.69, 9.17) is 4.52 Å². The first-order chi connectivity index (χ1) is 13.2. The molecule has 27 heavy (non-hydrogen) atoms. The molecule has 0 aliphatic heterocycles. The van der Waals surface area contributed by atoms with Crippen LogP contribution in [0, 0.1) is 6.92 Å². The van der Waals surface area contributed by atoms with Gasteiger partial charge >= 0.3 is 0 Å². The monoisotopic (exact) mass is 363 g/mol. The zero-order valence-corrected chi connectivity index (χ0v) is 15.8. The van der Waals surface area contributed by atoms with Gasteiger partial charge in [-0.2, -0.15) is 0 Å². The lowest BCUT2D eigenvalue weighted by atomic mass is 10.1. The van der Waals surface area contributed by atoms with Crippen LogP contribution in [0.3, 0.4) is 0 Å². The van der Waals surface area contributed by atoms with Gasteiger partial charge in [-0.3, -0.25) is 9.69 Å². The van der Waals surface area contributed by atoms with E-state index in [-0.39, 0.29) is 5.91 Å². The highest BCUT2D eigenvalue weighted by molar-refractivity contribution is 5.92. The molecule has 0 saturated heterocycles. The Kier molecular flexibility index (Phi) is 6.39. The number of hydrogen-bond acceptors (Lipinski definition) is 4. The fourth-order valence-electron chi connectivity index (χ4n) is 2.99. The molecule has 0 radical (unpaired) electrons. The Balaban J connectivity index is 1.63. The molecule has 0 aliphatic rings. The van der Waals surface area contributed by atoms with Gasteiger partial charge in [0, 0.05) is 17.3 Å². The number of aryl methyl sites for hydroxylation is 1. The van der Waals surface area contributed by atoms with Crippen LogP contribution in [0.5, 0.6) is 0 Å². The van der Waals surface area contributed by atoms with Gasteiger partial charge in [0.05, 0.1) is 13.1 Å². The topological polar surface area (TPSA) is 58.4 Å². The molecule has 3 aromatic rings. The molecule has 0 spiro atoms. The lowest BCUT2D eigenvalue weighted by molar-refractivity contribution is -0.117. The Morgan fingerprint density at radius 2 is 1.85 bits per heavy atom. The maximum absolute atomic E-state index is 12.5. The van der Waals surface area contributed by atoms with Crippen molar-refractivity contribution < 1.29 is 9.32 Å². The smallest absolute Gasteiger partial charge is 0.238 e. The standard InChI is InChI=1S/C22H25N3O2/c1-3-13-25(16-22(26)23-20-12-8-7-9-17(20)2)15-19-14-21(24-27-19)18-10-5-4-6-11-18/h4-12,14H,3,13,15-16H2,1-2H3,(H,23,26). The first-order valence-electron chi connectivity index (χ1n) is 9.24. The maximum atomic E-state index is 12.5. The summed E-state index contributed by atoms with van der Waals surface area (Å²) in [6, 6.07) is 19.7. The summed E-state index contributed by atoms with van der Waals surface area (Å²) in [5.41, 5.74) is 3.74. The quantitative estimate of drug-likeness (QED) is 0.640. The fourth-order valence-corrected chi connectivity index (χ4v) is 2.99. The summed E-state index contributed by atoms with van der Waals surface area (Å²) in [5, 5.41) is 7.14. The predicted molar refractivity (Wildman–Crippen MR) is 107 cm³/mol. The molecule has 1 aromatic heterocycles. The first kappa shape index (κ1) is 18.9. The fraction of sp³-hybridized carbons (Fsp3) is 0.273. The number of benzene rings is 2. The minimum Gasteiger partial charge on any atom is -0.359 e. The number of aromatic nitrogens is 1. The van der Waals surface area contributed by atoms with Crippen LogP contribution in [0.2, 0.25) is 0 Å². The SMILES string of the molecule is CCCN(CC(=O)Nc1ccccc1C)Cc1cc(-c2ccccc2)no1. The number of hydrogen-bond donors (Lipinski definition) is 1. The lowest BCUT2D eigenvalue weighted by Crippen LogP contribution is -2.33. The summed E-state index contributed by atoms with van der Waals surface area (Å²) in [5.74, 6) is 0.728. The van der Waals surface area contributed by atoms with Crippen molar-refractivity contribution in [1.29, 1.82) is 0 Å². The van der Waals surface area contributed by atoms with Crippen molar-refractivity contribution in [3.05, 3.63) is 72.0 Å². The highest BCUT2D eigenvalue weighted by atomic mass is 16.5. The van der Waals surface area contributed by atoms with Crippen molar-refractivity contribution in [2.24, 2.45) is 0 Å². The van der Waals surface area contributed by atoms with E-state index in [2.05, 4.69) is 22.3 Å². The van der Waals surface area contributed by atoms with Gasteiger partial charge in [0.15, 0.2) is 5.76 Å². The number of anilines is 1. The lowest BCUT2D eigenvalue weighted by Gasteiger charge is -2.19. The zero-order valence-electron chi connectivity index (χ0n) is 15.8. The van der Waals surface area contributed by atoms with Crippen LogP contribution in [-0.2, 0) is 11.3 Å². The molecule has 0 fully saturated rings. The Bertz CT molecular complexity index is 874. The third-order valence-electron chi connectivity index (χ3n) is 4.33. The number of para-hydroxylation sites is 1. The van der Waals surface area contributed by atoms with Gasteiger partial charge in [-0.1, -0.05) is 60.6 Å². The number of nitrogens with one attached hydrogen (secondary N) is 1. The first-order valence-corrected chi connectivity index (χ1v) is 9.24. The van der Waals surface area contributed by atoms with Crippen LogP contribution >= 0.6 is 0 Å². The van der Waals surface area contributed by atoms with E-state index in [1.54, 1.807) is 0 Å². The van der Waals surface area contributed by atoms with Gasteiger partial charge in [-0.25, -0.2) is 0 Å². The van der Waals surface area contributed by atoms with Crippen molar-refractivity contribution in [2.75, 3.05) is 18.4 Å². The Labute approximate surface area is 160 Å². The molecule has 3 rings (SSSR count). The van der Waals surface area contributed by atoms with Gasteiger partial charge in [-0.15, -0.1) is 0 Å². The molecule has 0 aliphatic carbocycles. The van der Waals surface area contributed by atoms with Crippen molar-refractivity contribution in [1.82, 2.24) is 10.1 Å². The Hall–Kier alpha value is -2.92. The molecule has 5 nitrogen and oxygen atoms in total. The summed E-state index contributed by atoms with van der Waals surface area (Å²) >= 11 is 0. The molecule has 0 unspecified atom stereocenters. The molecular weight excluding hydrogens is 338 g/mol. The van der Waals surface area contributed by atoms with Crippen molar-refractivity contribution in [3.8, 4) is 11.3 Å². The average Bonchev–Trinajstić information content (AvgIpc) is 3.13. The van der Waals surface area contributed by atoms with Crippen LogP contribution in [0.15, 0.2) is 65.2 Å². The zero-order chi connectivity index (χ0) is 19.1. The third kappa shape index (κ3) is 5.28. The van der Waals surface area contributed by atoms with E-state index in [0.717, 1.165) is 41.2 Å². The molecule has 0 bridgehead atoms. The van der Waals surface area contributed by atoms with Crippen molar-refractivity contribution >= 4 is 11.6 Å². The van der Waals surface area contributed by atoms with Crippen molar-refractivity contribution in [3.63, 3.8) is 0 Å². The Morgan fingerprint density at radius 1 is 1.11 bits per heavy atom. The van der Waals surface area contributed by atoms with Gasteiger partial charge in [0.1, 0.15) is 5.69 Å². The molecule has 5 heteroatoms. The summed E-state index contributed by atoms with van der Waals surface area (Å²) in [7, 11) is 0. The van der Waals surface area contributed by atoms with Crippen LogP contribution in [-0.4, -0.2) is 29.1 Å². The van der Waals surface area contributed by atoms with Crippen LogP contribution in [0.1, 0.15) is 24.7 Å². The maximum Gasteiger partial charge on any atom is 0.238 e. The van der Waals surface area contributed by atoms with E-state index < -0.39 is 0 Å². The molecule has 1 heterocycles. The number of carbonyl (C=O) groups excluding carboxylic acids is 1. The molecule has 0 saturated carbocycles. The van der Waals surface area contributed by atoms with E-state index >= 15 is 0 Å². The van der Waals surface area contributed by atoms with Crippen LogP contribution < -0.4 is 5.32 Å². The van der Waals surface area contributed by atoms with Crippen LogP contribution in [0.25, 0.3) is 11.3 Å². The predicted octanol–water partition coefficient (Wildman–Crippen LogP) is 4.50. The number of rotatable bonds is 8. The van der Waals surface area contributed by atoms with E-state index in [1.165, 1.54) is 0 Å². The molecule has 1 N–H and O–H groups in total. The second-order valence-electron chi connectivity index (χ2n) is 6.62. The molecule has 2 aromatic carbocycles. The summed E-state index contributed by atoms with van der Waals surface area (Å²) in [6.07, 6.45) is 0.956. The number of amides is 1. The summed E-state index contributed by atoms with van der Waals surface area (Å²) in [6.45, 7) is 5.75. The van der Waals surface area contributed by atoms with Crippen LogP contribution in [0.4, 0.5) is 5.69 Å². The molecular formula is C22H25N3O2. The Morgan fingerprint density at radius 3 is 2.59 bits per heavy atom. The van der Waals surface area contributed by atoms with Gasteiger partial charge in [0.2, 0.25) is 5.91 Å². The van der Waals surface area contributed by atoms with E-state index in [1.807, 2.05) is 67.6 Å². The molecule has 1 amide bonds. The summed E-state index contributed by atoms with van der Waals surface area (Å²) in [4.78, 5) is 14.5. The van der Waals surface area contributed by atoms with Gasteiger partial charge in [-0.05, 0) is 31.5 Å². The van der Waals surface area contributed by atoms with Gasteiger partial charge < -0.3 is 9.84 Å². The minimum atomic E-state index is -0.0273. The van der Waals surface area contributed by atoms with Crippen molar-refractivity contribution in [2.45, 2.75) is 26.8 Å². The largest absolute Gasteiger partial charge is 0.359 e. The van der Waals surface area contributed by atoms with E-state index in [9.17, 15) is 4.79 Å². The second kappa shape index (κ2) is 9.14. The third-order valence-corrected chi connectivity index (χ3v) is 4.33.